The monoisotopic (exact) mass is 667 g/mol. The van der Waals surface area contributed by atoms with Gasteiger partial charge in [-0.1, -0.05) is 66.2 Å². The van der Waals surface area contributed by atoms with Crippen molar-refractivity contribution < 1.29 is 32.3 Å². The lowest BCUT2D eigenvalue weighted by molar-refractivity contribution is -0.147. The number of nitrogens with one attached hydrogen (secondary N) is 4. The molecule has 1 unspecified atom stereocenters. The molecule has 48 heavy (non-hydrogen) atoms. The number of aromatic amines is 1. The predicted octanol–water partition coefficient (Wildman–Crippen LogP) is 3.91. The predicted molar refractivity (Wildman–Crippen MR) is 177 cm³/mol. The number of sulfonamides is 1. The second-order valence-electron chi connectivity index (χ2n) is 11.4. The Morgan fingerprint density at radius 3 is 2.48 bits per heavy atom. The van der Waals surface area contributed by atoms with Gasteiger partial charge in [-0.2, -0.15) is 4.72 Å². The number of aryl methyl sites for hydroxylation is 1. The third-order valence-electron chi connectivity index (χ3n) is 7.70. The Labute approximate surface area is 276 Å². The normalized spacial score (nSPS) is 14.8. The van der Waals surface area contributed by atoms with E-state index in [-0.39, 0.29) is 30.9 Å². The lowest BCUT2D eigenvalue weighted by Gasteiger charge is -2.26. The van der Waals surface area contributed by atoms with E-state index >= 15 is 0 Å². The number of carbonyl (C=O) groups excluding carboxylic acids is 3. The summed E-state index contributed by atoms with van der Waals surface area (Å²) in [4.78, 5) is 46.4. The minimum atomic E-state index is -4.09. The fourth-order valence-corrected chi connectivity index (χ4v) is 6.37. The minimum Gasteiger partial charge on any atom is -0.478 e. The number of aromatic nitrogens is 2. The Morgan fingerprint density at radius 2 is 1.71 bits per heavy atom. The highest BCUT2D eigenvalue weighted by Gasteiger charge is 2.32. The van der Waals surface area contributed by atoms with Crippen LogP contribution in [0.15, 0.2) is 102 Å². The average molecular weight is 668 g/mol. The fourth-order valence-electron chi connectivity index (χ4n) is 5.18. The number of esters is 1. The molecule has 0 aliphatic carbocycles. The average Bonchev–Trinajstić information content (AvgIpc) is 3.50. The molecule has 2 amide bonds. The zero-order valence-corrected chi connectivity index (χ0v) is 26.8. The van der Waals surface area contributed by atoms with Crippen molar-refractivity contribution in [3.05, 3.63) is 120 Å². The zero-order valence-electron chi connectivity index (χ0n) is 25.9. The third kappa shape index (κ3) is 7.88. The Hall–Kier alpha value is -5.53. The number of hydrogen-bond acceptors (Lipinski definition) is 8. The number of hydrogen-bond donors (Lipinski definition) is 4. The van der Waals surface area contributed by atoms with Gasteiger partial charge in [0.25, 0.3) is 5.91 Å². The van der Waals surface area contributed by atoms with Crippen LogP contribution in [0.3, 0.4) is 0 Å². The molecule has 12 nitrogen and oxygen atoms in total. The van der Waals surface area contributed by atoms with Gasteiger partial charge < -0.3 is 25.1 Å². The van der Waals surface area contributed by atoms with Crippen LogP contribution in [0.4, 0.5) is 5.69 Å². The first-order valence-electron chi connectivity index (χ1n) is 15.2. The summed E-state index contributed by atoms with van der Waals surface area (Å²) in [6, 6.07) is 26.4. The van der Waals surface area contributed by atoms with Gasteiger partial charge in [0.05, 0.1) is 34.6 Å². The molecule has 0 saturated heterocycles. The molecule has 4 N–H and O–H groups in total. The van der Waals surface area contributed by atoms with E-state index in [2.05, 4.69) is 25.3 Å². The fraction of sp³-hybridized carbons (Fsp3) is 0.200. The number of imidazole rings is 1. The number of nitrogens with zero attached hydrogens (tertiary/aromatic N) is 1. The number of ether oxygens (including phenoxy) is 2. The summed E-state index contributed by atoms with van der Waals surface area (Å²) in [5.41, 5.74) is 4.13. The van der Waals surface area contributed by atoms with Crippen molar-refractivity contribution in [1.82, 2.24) is 20.0 Å². The molecule has 6 rings (SSSR count). The number of amides is 2. The first kappa shape index (κ1) is 32.4. The van der Waals surface area contributed by atoms with Gasteiger partial charge in [0, 0.05) is 0 Å². The molecule has 0 bridgehead atoms. The Kier molecular flexibility index (Phi) is 9.50. The Balaban J connectivity index is 1.12. The molecule has 2 atom stereocenters. The Bertz CT molecular complexity index is 2030. The molecule has 13 heteroatoms. The van der Waals surface area contributed by atoms with Crippen LogP contribution in [-0.4, -0.2) is 48.3 Å². The maximum absolute atomic E-state index is 13.3. The molecule has 0 radical (unpaired) electrons. The molecular formula is C35H33N5O7S. The molecule has 1 aromatic heterocycles. The molecule has 4 aromatic carbocycles. The SMILES string of the molecule is Cc1ccc(S(=O)(=O)N[C@@H](Cc2ccc3c(c2)NC(=O)C(CC(=O)NCc2nc4ccccc4[nH]2)O3)C(=O)OCc2ccccc2)cc1. The summed E-state index contributed by atoms with van der Waals surface area (Å²) in [6.07, 6.45) is -1.36. The summed E-state index contributed by atoms with van der Waals surface area (Å²) in [6.45, 7) is 1.96. The number of fused-ring (bicyclic) bond motifs is 2. The maximum Gasteiger partial charge on any atom is 0.324 e. The van der Waals surface area contributed by atoms with Gasteiger partial charge in [0.1, 0.15) is 24.2 Å². The summed E-state index contributed by atoms with van der Waals surface area (Å²) in [7, 11) is -4.09. The van der Waals surface area contributed by atoms with Gasteiger partial charge in [-0.3, -0.25) is 14.4 Å². The Morgan fingerprint density at radius 1 is 0.958 bits per heavy atom. The standard InChI is InChI=1S/C35H33N5O7S/c1-22-11-14-25(15-12-22)48(44,45)40-29(35(43)46-21-23-7-3-2-4-8-23)18-24-13-16-30-28(17-24)39-34(42)31(47-30)19-33(41)36-20-32-37-26-9-5-6-10-27(26)38-32/h2-17,29,31,40H,18-21H2,1H3,(H,36,41)(H,37,38)(H,39,42)/t29-,31?/m0/s1. The zero-order chi connectivity index (χ0) is 33.7. The van der Waals surface area contributed by atoms with Gasteiger partial charge in [0.15, 0.2) is 6.10 Å². The van der Waals surface area contributed by atoms with Gasteiger partial charge in [-0.05, 0) is 60.9 Å². The van der Waals surface area contributed by atoms with Crippen molar-refractivity contribution in [2.75, 3.05) is 5.32 Å². The molecule has 1 aliphatic rings. The number of rotatable bonds is 12. The van der Waals surface area contributed by atoms with Crippen LogP contribution in [0.2, 0.25) is 0 Å². The number of carbonyl (C=O) groups is 3. The highest BCUT2D eigenvalue weighted by atomic mass is 32.2. The highest BCUT2D eigenvalue weighted by Crippen LogP contribution is 2.32. The van der Waals surface area contributed by atoms with Crippen LogP contribution in [-0.2, 0) is 48.7 Å². The summed E-state index contributed by atoms with van der Waals surface area (Å²) in [5, 5.41) is 5.51. The van der Waals surface area contributed by atoms with E-state index in [1.807, 2.05) is 49.4 Å². The van der Waals surface area contributed by atoms with Gasteiger partial charge in [0.2, 0.25) is 15.9 Å². The molecule has 0 saturated carbocycles. The van der Waals surface area contributed by atoms with E-state index in [1.54, 1.807) is 42.5 Å². The van der Waals surface area contributed by atoms with Crippen LogP contribution in [0.25, 0.3) is 11.0 Å². The number of benzene rings is 4. The van der Waals surface area contributed by atoms with E-state index in [1.165, 1.54) is 12.1 Å². The van der Waals surface area contributed by atoms with Crippen molar-refractivity contribution in [3.8, 4) is 5.75 Å². The lowest BCUT2D eigenvalue weighted by Crippen LogP contribution is -2.43. The maximum atomic E-state index is 13.3. The number of para-hydroxylation sites is 2. The van der Waals surface area contributed by atoms with Gasteiger partial charge >= 0.3 is 5.97 Å². The van der Waals surface area contributed by atoms with Crippen molar-refractivity contribution in [3.63, 3.8) is 0 Å². The minimum absolute atomic E-state index is 0.00716. The largest absolute Gasteiger partial charge is 0.478 e. The second-order valence-corrected chi connectivity index (χ2v) is 13.1. The van der Waals surface area contributed by atoms with E-state index in [0.717, 1.165) is 22.2 Å². The number of H-pyrrole nitrogens is 1. The second kappa shape index (κ2) is 14.1. The topological polar surface area (TPSA) is 169 Å². The first-order valence-corrected chi connectivity index (χ1v) is 16.7. The molecule has 0 spiro atoms. The number of anilines is 1. The van der Waals surface area contributed by atoms with Crippen molar-refractivity contribution in [2.24, 2.45) is 0 Å². The first-order chi connectivity index (χ1) is 23.1. The van der Waals surface area contributed by atoms with E-state index in [4.69, 9.17) is 9.47 Å². The summed E-state index contributed by atoms with van der Waals surface area (Å²) < 4.78 is 40.4. The molecule has 246 valence electrons. The van der Waals surface area contributed by atoms with Crippen LogP contribution >= 0.6 is 0 Å². The van der Waals surface area contributed by atoms with Gasteiger partial charge in [-0.15, -0.1) is 0 Å². The third-order valence-corrected chi connectivity index (χ3v) is 9.19. The molecular weight excluding hydrogens is 634 g/mol. The van der Waals surface area contributed by atoms with Crippen LogP contribution in [0.5, 0.6) is 5.75 Å². The van der Waals surface area contributed by atoms with Crippen molar-refractivity contribution in [2.45, 2.75) is 50.0 Å². The molecule has 2 heterocycles. The molecule has 0 fully saturated rings. The summed E-state index contributed by atoms with van der Waals surface area (Å²) >= 11 is 0. The summed E-state index contributed by atoms with van der Waals surface area (Å²) in [5.74, 6) is -0.760. The highest BCUT2D eigenvalue weighted by molar-refractivity contribution is 7.89. The van der Waals surface area contributed by atoms with Gasteiger partial charge in [-0.25, -0.2) is 13.4 Å². The van der Waals surface area contributed by atoms with Crippen LogP contribution in [0.1, 0.15) is 28.9 Å². The van der Waals surface area contributed by atoms with Crippen molar-refractivity contribution in [1.29, 1.82) is 0 Å². The lowest BCUT2D eigenvalue weighted by atomic mass is 10.0. The molecule has 1 aliphatic heterocycles. The molecule has 5 aromatic rings. The van der Waals surface area contributed by atoms with E-state index in [0.29, 0.717) is 22.8 Å². The van der Waals surface area contributed by atoms with Crippen molar-refractivity contribution >= 4 is 44.5 Å². The van der Waals surface area contributed by atoms with Crippen LogP contribution < -0.4 is 20.1 Å². The quantitative estimate of drug-likeness (QED) is 0.145. The van der Waals surface area contributed by atoms with Crippen LogP contribution in [0, 0.1) is 6.92 Å². The smallest absolute Gasteiger partial charge is 0.324 e. The van der Waals surface area contributed by atoms with E-state index < -0.39 is 40.0 Å². The van der Waals surface area contributed by atoms with E-state index in [9.17, 15) is 22.8 Å².